The predicted molar refractivity (Wildman–Crippen MR) is 86.0 cm³/mol. The van der Waals surface area contributed by atoms with Crippen LogP contribution >= 0.6 is 0 Å². The van der Waals surface area contributed by atoms with Gasteiger partial charge in [0.25, 0.3) is 0 Å². The van der Waals surface area contributed by atoms with Crippen LogP contribution in [0.3, 0.4) is 0 Å². The number of methoxy groups -OCH3 is 1. The van der Waals surface area contributed by atoms with Crippen molar-refractivity contribution in [1.29, 1.82) is 0 Å². The Morgan fingerprint density at radius 3 is 3.05 bits per heavy atom. The molecule has 0 bridgehead atoms. The summed E-state index contributed by atoms with van der Waals surface area (Å²) in [6.45, 7) is 5.46. The third-order valence-corrected chi connectivity index (χ3v) is 4.39. The first kappa shape index (κ1) is 14.4. The van der Waals surface area contributed by atoms with Crippen LogP contribution in [0.25, 0.3) is 11.0 Å². The third-order valence-electron chi connectivity index (χ3n) is 4.39. The van der Waals surface area contributed by atoms with Crippen molar-refractivity contribution >= 4 is 11.0 Å². The normalized spacial score (nSPS) is 19.0. The van der Waals surface area contributed by atoms with Gasteiger partial charge in [-0.1, -0.05) is 19.4 Å². The monoisotopic (exact) mass is 287 g/mol. The van der Waals surface area contributed by atoms with Gasteiger partial charge >= 0.3 is 0 Å². The molecule has 1 aromatic carbocycles. The number of rotatable bonds is 5. The largest absolute Gasteiger partial charge is 0.494 e. The second-order valence-electron chi connectivity index (χ2n) is 5.85. The van der Waals surface area contributed by atoms with Crippen LogP contribution < -0.4 is 10.1 Å². The van der Waals surface area contributed by atoms with E-state index >= 15 is 0 Å². The molecule has 2 heterocycles. The van der Waals surface area contributed by atoms with Gasteiger partial charge in [-0.3, -0.25) is 0 Å². The Hall–Kier alpha value is -1.55. The topological polar surface area (TPSA) is 39.1 Å². The van der Waals surface area contributed by atoms with E-state index in [4.69, 9.17) is 9.72 Å². The number of piperidine rings is 1. The Morgan fingerprint density at radius 2 is 2.33 bits per heavy atom. The lowest BCUT2D eigenvalue weighted by atomic mass is 9.99. The Labute approximate surface area is 126 Å². The molecule has 114 valence electrons. The summed E-state index contributed by atoms with van der Waals surface area (Å²) in [6.07, 6.45) is 4.85. The van der Waals surface area contributed by atoms with Gasteiger partial charge < -0.3 is 14.6 Å². The van der Waals surface area contributed by atoms with Gasteiger partial charge in [0.05, 0.1) is 12.6 Å². The van der Waals surface area contributed by atoms with E-state index in [1.165, 1.54) is 37.0 Å². The molecule has 4 nitrogen and oxygen atoms in total. The van der Waals surface area contributed by atoms with Gasteiger partial charge in [0.15, 0.2) is 0 Å². The van der Waals surface area contributed by atoms with Gasteiger partial charge in [-0.25, -0.2) is 4.98 Å². The Kier molecular flexibility index (Phi) is 4.44. The van der Waals surface area contributed by atoms with E-state index in [0.29, 0.717) is 5.92 Å². The highest BCUT2D eigenvalue weighted by atomic mass is 16.5. The van der Waals surface area contributed by atoms with Gasteiger partial charge in [0.1, 0.15) is 17.1 Å². The average molecular weight is 287 g/mol. The molecule has 2 aromatic rings. The molecule has 0 amide bonds. The van der Waals surface area contributed by atoms with E-state index < -0.39 is 0 Å². The van der Waals surface area contributed by atoms with E-state index in [1.54, 1.807) is 7.11 Å². The molecule has 4 heteroatoms. The van der Waals surface area contributed by atoms with Crippen molar-refractivity contribution < 1.29 is 4.74 Å². The molecule has 0 unspecified atom stereocenters. The van der Waals surface area contributed by atoms with E-state index in [2.05, 4.69) is 28.9 Å². The minimum Gasteiger partial charge on any atom is -0.494 e. The van der Waals surface area contributed by atoms with Gasteiger partial charge in [-0.05, 0) is 37.9 Å². The van der Waals surface area contributed by atoms with Crippen molar-refractivity contribution in [2.24, 2.45) is 0 Å². The van der Waals surface area contributed by atoms with Gasteiger partial charge in [-0.15, -0.1) is 0 Å². The summed E-state index contributed by atoms with van der Waals surface area (Å²) in [5, 5.41) is 3.50. The van der Waals surface area contributed by atoms with Crippen molar-refractivity contribution in [3.8, 4) is 5.75 Å². The van der Waals surface area contributed by atoms with Crippen molar-refractivity contribution in [3.05, 3.63) is 24.0 Å². The molecule has 1 aliphatic heterocycles. The zero-order chi connectivity index (χ0) is 14.7. The maximum Gasteiger partial charge on any atom is 0.146 e. The van der Waals surface area contributed by atoms with Gasteiger partial charge in [-0.2, -0.15) is 0 Å². The number of unbranched alkanes of at least 4 members (excludes halogenated alkanes) is 1. The number of hydrogen-bond donors (Lipinski definition) is 1. The van der Waals surface area contributed by atoms with Crippen LogP contribution in [0.4, 0.5) is 0 Å². The molecular weight excluding hydrogens is 262 g/mol. The van der Waals surface area contributed by atoms with E-state index in [1.807, 2.05) is 6.07 Å². The first-order chi connectivity index (χ1) is 10.3. The van der Waals surface area contributed by atoms with Crippen LogP contribution in [0.15, 0.2) is 18.2 Å². The number of ether oxygens (including phenoxy) is 1. The molecule has 0 spiro atoms. The summed E-state index contributed by atoms with van der Waals surface area (Å²) in [7, 11) is 1.72. The molecule has 3 rings (SSSR count). The molecule has 1 atom stereocenters. The number of benzene rings is 1. The van der Waals surface area contributed by atoms with Gasteiger partial charge in [0, 0.05) is 19.0 Å². The third kappa shape index (κ3) is 2.77. The maximum absolute atomic E-state index is 5.50. The van der Waals surface area contributed by atoms with Crippen LogP contribution in [0.2, 0.25) is 0 Å². The second-order valence-corrected chi connectivity index (χ2v) is 5.85. The van der Waals surface area contributed by atoms with Crippen LogP contribution in [0.1, 0.15) is 44.3 Å². The molecular formula is C17H25N3O. The fourth-order valence-electron chi connectivity index (χ4n) is 3.24. The highest BCUT2D eigenvalue weighted by Gasteiger charge is 2.23. The number of aryl methyl sites for hydroxylation is 1. The SMILES string of the molecule is CCCCn1c([C@@H]2CCCNC2)nc2c(OC)cccc21. The van der Waals surface area contributed by atoms with Crippen molar-refractivity contribution in [3.63, 3.8) is 0 Å². The number of nitrogens with zero attached hydrogens (tertiary/aromatic N) is 2. The summed E-state index contributed by atoms with van der Waals surface area (Å²) < 4.78 is 7.91. The Bertz CT molecular complexity index is 599. The summed E-state index contributed by atoms with van der Waals surface area (Å²) >= 11 is 0. The lowest BCUT2D eigenvalue weighted by molar-refractivity contribution is 0.418. The number of para-hydroxylation sites is 1. The molecule has 0 saturated carbocycles. The van der Waals surface area contributed by atoms with Crippen molar-refractivity contribution in [2.45, 2.75) is 45.1 Å². The number of nitrogens with one attached hydrogen (secondary N) is 1. The van der Waals surface area contributed by atoms with Gasteiger partial charge in [0.2, 0.25) is 0 Å². The quantitative estimate of drug-likeness (QED) is 0.917. The number of fused-ring (bicyclic) bond motifs is 1. The summed E-state index contributed by atoms with van der Waals surface area (Å²) in [6, 6.07) is 6.23. The smallest absolute Gasteiger partial charge is 0.146 e. The first-order valence-electron chi connectivity index (χ1n) is 8.09. The molecule has 0 aliphatic carbocycles. The zero-order valence-corrected chi connectivity index (χ0v) is 13.1. The lowest BCUT2D eigenvalue weighted by Crippen LogP contribution is -2.30. The average Bonchev–Trinajstić information content (AvgIpc) is 2.92. The van der Waals surface area contributed by atoms with Crippen molar-refractivity contribution in [2.75, 3.05) is 20.2 Å². The number of aromatic nitrogens is 2. The molecule has 0 radical (unpaired) electrons. The molecule has 1 N–H and O–H groups in total. The van der Waals surface area contributed by atoms with Crippen molar-refractivity contribution in [1.82, 2.24) is 14.9 Å². The summed E-state index contributed by atoms with van der Waals surface area (Å²) in [4.78, 5) is 4.96. The zero-order valence-electron chi connectivity index (χ0n) is 13.1. The molecule has 1 aromatic heterocycles. The molecule has 1 fully saturated rings. The molecule has 21 heavy (non-hydrogen) atoms. The number of hydrogen-bond acceptors (Lipinski definition) is 3. The summed E-state index contributed by atoms with van der Waals surface area (Å²) in [5.41, 5.74) is 2.22. The minimum absolute atomic E-state index is 0.521. The Balaban J connectivity index is 2.07. The van der Waals surface area contributed by atoms with Crippen LogP contribution in [0.5, 0.6) is 5.75 Å². The highest BCUT2D eigenvalue weighted by Crippen LogP contribution is 2.31. The fourth-order valence-corrected chi connectivity index (χ4v) is 3.24. The lowest BCUT2D eigenvalue weighted by Gasteiger charge is -2.23. The molecule has 1 aliphatic rings. The second kappa shape index (κ2) is 6.48. The minimum atomic E-state index is 0.521. The summed E-state index contributed by atoms with van der Waals surface area (Å²) in [5.74, 6) is 2.63. The maximum atomic E-state index is 5.50. The highest BCUT2D eigenvalue weighted by molar-refractivity contribution is 5.82. The fraction of sp³-hybridized carbons (Fsp3) is 0.588. The predicted octanol–water partition coefficient (Wildman–Crippen LogP) is 3.31. The van der Waals surface area contributed by atoms with E-state index in [-0.39, 0.29) is 0 Å². The molecule has 1 saturated heterocycles. The van der Waals surface area contributed by atoms with E-state index in [9.17, 15) is 0 Å². The Morgan fingerprint density at radius 1 is 1.43 bits per heavy atom. The van der Waals surface area contributed by atoms with Crippen LogP contribution in [-0.2, 0) is 6.54 Å². The van der Waals surface area contributed by atoms with Crippen LogP contribution in [0, 0.1) is 0 Å². The van der Waals surface area contributed by atoms with E-state index in [0.717, 1.165) is 30.9 Å². The van der Waals surface area contributed by atoms with Crippen LogP contribution in [-0.4, -0.2) is 29.8 Å². The standard InChI is InChI=1S/C17H25N3O/c1-3-4-11-20-14-8-5-9-15(21-2)16(14)19-17(20)13-7-6-10-18-12-13/h5,8-9,13,18H,3-4,6-7,10-12H2,1-2H3/t13-/m1/s1. The first-order valence-corrected chi connectivity index (χ1v) is 8.09. The number of imidazole rings is 1.